The average Bonchev–Trinajstić information content (AvgIpc) is 1.99. The number of hydrogen-bond donors (Lipinski definition) is 1. The molecule has 2 atom stereocenters. The van der Waals surface area contributed by atoms with Gasteiger partial charge in [-0.1, -0.05) is 6.92 Å². The van der Waals surface area contributed by atoms with Gasteiger partial charge in [0.25, 0.3) is 0 Å². The van der Waals surface area contributed by atoms with Gasteiger partial charge in [0.05, 0.1) is 0 Å². The first kappa shape index (κ1) is 13.1. The van der Waals surface area contributed by atoms with E-state index in [0.29, 0.717) is 6.04 Å². The third kappa shape index (κ3) is 6.22. The molecule has 0 saturated heterocycles. The molecular weight excluding hydrogens is 182 g/mol. The summed E-state index contributed by atoms with van der Waals surface area (Å²) in [4.78, 5) is 0. The maximum absolute atomic E-state index is 11.7. The summed E-state index contributed by atoms with van der Waals surface area (Å²) in [5, 5.41) is 3.32. The van der Waals surface area contributed by atoms with Gasteiger partial charge in [-0.05, 0) is 40.7 Å². The van der Waals surface area contributed by atoms with Crippen molar-refractivity contribution in [2.45, 2.75) is 51.8 Å². The average molecular weight is 205 g/mol. The molecule has 0 aromatic heterocycles. The van der Waals surface area contributed by atoms with E-state index in [2.05, 4.69) is 19.2 Å². The van der Waals surface area contributed by atoms with Crippen LogP contribution in [0.5, 0.6) is 0 Å². The summed E-state index contributed by atoms with van der Waals surface area (Å²) in [5.74, 6) is 0.803. The van der Waals surface area contributed by atoms with Crippen LogP contribution in [-0.2, 0) is 10.8 Å². The maximum Gasteiger partial charge on any atom is 0.0375 e. The van der Waals surface area contributed by atoms with Crippen LogP contribution < -0.4 is 5.32 Å². The predicted octanol–water partition coefficient (Wildman–Crippen LogP) is 1.92. The van der Waals surface area contributed by atoms with Gasteiger partial charge in [-0.25, -0.2) is 0 Å². The summed E-state index contributed by atoms with van der Waals surface area (Å²) in [6.45, 7) is 11.3. The van der Waals surface area contributed by atoms with Crippen LogP contribution in [0.15, 0.2) is 0 Å². The van der Waals surface area contributed by atoms with Crippen LogP contribution in [-0.4, -0.2) is 27.3 Å². The number of rotatable bonds is 5. The summed E-state index contributed by atoms with van der Waals surface area (Å²) < 4.78 is 11.6. The van der Waals surface area contributed by atoms with Crippen molar-refractivity contribution in [1.82, 2.24) is 5.32 Å². The monoisotopic (exact) mass is 205 g/mol. The molecule has 2 unspecified atom stereocenters. The Morgan fingerprint density at radius 1 is 1.38 bits per heavy atom. The van der Waals surface area contributed by atoms with E-state index >= 15 is 0 Å². The normalized spacial score (nSPS) is 17.0. The van der Waals surface area contributed by atoms with Crippen LogP contribution in [0.1, 0.15) is 41.0 Å². The molecule has 0 fully saturated rings. The van der Waals surface area contributed by atoms with E-state index in [1.54, 1.807) is 0 Å². The third-order valence-corrected chi connectivity index (χ3v) is 3.94. The zero-order chi connectivity index (χ0) is 10.5. The van der Waals surface area contributed by atoms with Crippen molar-refractivity contribution >= 4 is 10.8 Å². The molecule has 0 radical (unpaired) electrons. The fourth-order valence-electron chi connectivity index (χ4n) is 1.04. The molecule has 0 rings (SSSR count). The molecule has 2 nitrogen and oxygen atoms in total. The molecule has 3 heteroatoms. The van der Waals surface area contributed by atoms with Gasteiger partial charge in [-0.2, -0.15) is 0 Å². The molecule has 0 saturated carbocycles. The van der Waals surface area contributed by atoms with E-state index in [9.17, 15) is 4.21 Å². The van der Waals surface area contributed by atoms with Gasteiger partial charge < -0.3 is 5.32 Å². The molecule has 0 spiro atoms. The molecule has 0 amide bonds. The van der Waals surface area contributed by atoms with Gasteiger partial charge in [-0.15, -0.1) is 0 Å². The van der Waals surface area contributed by atoms with Crippen molar-refractivity contribution in [3.63, 3.8) is 0 Å². The lowest BCUT2D eigenvalue weighted by atomic mass is 10.2. The lowest BCUT2D eigenvalue weighted by Crippen LogP contribution is -2.30. The van der Waals surface area contributed by atoms with Crippen LogP contribution >= 0.6 is 0 Å². The SMILES string of the molecule is CCNC(C)CCS(=O)C(C)(C)C. The molecule has 0 aromatic carbocycles. The Balaban J connectivity index is 3.71. The maximum atomic E-state index is 11.7. The largest absolute Gasteiger partial charge is 0.315 e. The second-order valence-electron chi connectivity index (χ2n) is 4.41. The van der Waals surface area contributed by atoms with Crippen molar-refractivity contribution in [3.05, 3.63) is 0 Å². The van der Waals surface area contributed by atoms with Gasteiger partial charge in [0.15, 0.2) is 0 Å². The van der Waals surface area contributed by atoms with Crippen molar-refractivity contribution in [1.29, 1.82) is 0 Å². The first-order valence-electron chi connectivity index (χ1n) is 4.99. The van der Waals surface area contributed by atoms with Gasteiger partial charge >= 0.3 is 0 Å². The number of hydrogen-bond acceptors (Lipinski definition) is 2. The van der Waals surface area contributed by atoms with E-state index in [-0.39, 0.29) is 4.75 Å². The quantitative estimate of drug-likeness (QED) is 0.743. The Bertz CT molecular complexity index is 163. The van der Waals surface area contributed by atoms with Gasteiger partial charge in [0, 0.05) is 27.3 Å². The first-order chi connectivity index (χ1) is 5.88. The fourth-order valence-corrected chi connectivity index (χ4v) is 2.22. The van der Waals surface area contributed by atoms with Crippen LogP contribution in [0.4, 0.5) is 0 Å². The molecular formula is C10H23NOS. The molecule has 0 aromatic rings. The standard InChI is InChI=1S/C10H23NOS/c1-6-11-9(2)7-8-13(12)10(3,4)5/h9,11H,6-8H2,1-5H3. The molecule has 80 valence electrons. The van der Waals surface area contributed by atoms with Crippen molar-refractivity contribution in [2.24, 2.45) is 0 Å². The highest BCUT2D eigenvalue weighted by Gasteiger charge is 2.19. The topological polar surface area (TPSA) is 29.1 Å². The second-order valence-corrected chi connectivity index (χ2v) is 6.73. The minimum absolute atomic E-state index is 0.0636. The minimum Gasteiger partial charge on any atom is -0.315 e. The minimum atomic E-state index is -0.701. The lowest BCUT2D eigenvalue weighted by molar-refractivity contribution is 0.550. The fraction of sp³-hybridized carbons (Fsp3) is 1.00. The van der Waals surface area contributed by atoms with Gasteiger partial charge in [0.1, 0.15) is 0 Å². The number of nitrogens with one attached hydrogen (secondary N) is 1. The van der Waals surface area contributed by atoms with Crippen LogP contribution in [0.25, 0.3) is 0 Å². The highest BCUT2D eigenvalue weighted by molar-refractivity contribution is 7.86. The molecule has 1 N–H and O–H groups in total. The van der Waals surface area contributed by atoms with Crippen molar-refractivity contribution < 1.29 is 4.21 Å². The zero-order valence-electron chi connectivity index (χ0n) is 9.52. The Morgan fingerprint density at radius 3 is 2.31 bits per heavy atom. The van der Waals surface area contributed by atoms with E-state index < -0.39 is 10.8 Å². The lowest BCUT2D eigenvalue weighted by Gasteiger charge is -2.19. The van der Waals surface area contributed by atoms with E-state index in [1.807, 2.05) is 20.8 Å². The smallest absolute Gasteiger partial charge is 0.0375 e. The molecule has 0 aliphatic rings. The van der Waals surface area contributed by atoms with E-state index in [1.165, 1.54) is 0 Å². The Morgan fingerprint density at radius 2 is 1.92 bits per heavy atom. The molecule has 0 aliphatic carbocycles. The first-order valence-corrected chi connectivity index (χ1v) is 6.31. The highest BCUT2D eigenvalue weighted by Crippen LogP contribution is 2.12. The van der Waals surface area contributed by atoms with Crippen molar-refractivity contribution in [2.75, 3.05) is 12.3 Å². The van der Waals surface area contributed by atoms with Crippen molar-refractivity contribution in [3.8, 4) is 0 Å². The summed E-state index contributed by atoms with van der Waals surface area (Å²) in [5.41, 5.74) is 0. The Kier molecular flexibility index (Phi) is 5.81. The van der Waals surface area contributed by atoms with E-state index in [0.717, 1.165) is 18.7 Å². The molecule has 0 aliphatic heterocycles. The summed E-state index contributed by atoms with van der Waals surface area (Å²) in [6.07, 6.45) is 0.998. The van der Waals surface area contributed by atoms with E-state index in [4.69, 9.17) is 0 Å². The highest BCUT2D eigenvalue weighted by atomic mass is 32.2. The Hall–Kier alpha value is 0.110. The summed E-state index contributed by atoms with van der Waals surface area (Å²) >= 11 is 0. The molecule has 0 heterocycles. The van der Waals surface area contributed by atoms with Gasteiger partial charge in [-0.3, -0.25) is 4.21 Å². The van der Waals surface area contributed by atoms with Gasteiger partial charge in [0.2, 0.25) is 0 Å². The second kappa shape index (κ2) is 5.76. The van der Waals surface area contributed by atoms with Crippen LogP contribution in [0, 0.1) is 0 Å². The zero-order valence-corrected chi connectivity index (χ0v) is 10.3. The Labute approximate surface area is 84.9 Å². The summed E-state index contributed by atoms with van der Waals surface area (Å²) in [6, 6.07) is 0.483. The van der Waals surface area contributed by atoms with Crippen LogP contribution in [0.2, 0.25) is 0 Å². The predicted molar refractivity (Wildman–Crippen MR) is 60.5 cm³/mol. The van der Waals surface area contributed by atoms with Crippen LogP contribution in [0.3, 0.4) is 0 Å². The summed E-state index contributed by atoms with van der Waals surface area (Å²) in [7, 11) is -0.701. The third-order valence-electron chi connectivity index (χ3n) is 1.97. The molecule has 13 heavy (non-hydrogen) atoms. The molecule has 0 bridgehead atoms.